The first-order chi connectivity index (χ1) is 15.1. The van der Waals surface area contributed by atoms with Gasteiger partial charge in [-0.25, -0.2) is 4.98 Å². The maximum Gasteiger partial charge on any atom is 0.220 e. The third-order valence-electron chi connectivity index (χ3n) is 6.24. The molecule has 3 aromatic rings. The molecule has 1 fully saturated rings. The zero-order valence-electron chi connectivity index (χ0n) is 18.8. The number of nitrogens with one attached hydrogen (secondary N) is 1. The van der Waals surface area contributed by atoms with Crippen LogP contribution in [-0.2, 0) is 4.79 Å². The van der Waals surface area contributed by atoms with Gasteiger partial charge in [0.05, 0.1) is 11.7 Å². The molecule has 0 saturated carbocycles. The van der Waals surface area contributed by atoms with Crippen LogP contribution < -0.4 is 10.2 Å². The minimum atomic E-state index is -0.00325. The molecule has 0 aliphatic carbocycles. The molecular formula is C26H32N4O. The van der Waals surface area contributed by atoms with Crippen molar-refractivity contribution in [3.05, 3.63) is 60.2 Å². The Morgan fingerprint density at radius 3 is 2.42 bits per heavy atom. The number of fused-ring (bicyclic) bond motifs is 1. The first kappa shape index (κ1) is 21.3. The SMILES string of the molecule is CCC(=O)NC(C)c1ccc(-c2cc3ccccc3c(N3CCN(CC)CC3)n2)cc1. The number of aromatic nitrogens is 1. The topological polar surface area (TPSA) is 48.5 Å². The lowest BCUT2D eigenvalue weighted by atomic mass is 10.0. The second-order valence-corrected chi connectivity index (χ2v) is 8.24. The van der Waals surface area contributed by atoms with Crippen molar-refractivity contribution in [3.8, 4) is 11.3 Å². The fraction of sp³-hybridized carbons (Fsp3) is 0.385. The minimum absolute atomic E-state index is 0.00325. The summed E-state index contributed by atoms with van der Waals surface area (Å²) in [4.78, 5) is 21.7. The number of amides is 1. The van der Waals surface area contributed by atoms with Crippen LogP contribution in [-0.4, -0.2) is 48.5 Å². The Hall–Kier alpha value is -2.92. The van der Waals surface area contributed by atoms with Gasteiger partial charge in [-0.2, -0.15) is 0 Å². The standard InChI is InChI=1S/C26H32N4O/c1-4-25(31)27-19(3)20-10-12-21(13-11-20)24-18-22-8-6-7-9-23(22)26(28-24)30-16-14-29(5-2)15-17-30/h6-13,18-19H,4-5,14-17H2,1-3H3,(H,27,31). The number of nitrogens with zero attached hydrogens (tertiary/aromatic N) is 3. The first-order valence-corrected chi connectivity index (χ1v) is 11.4. The first-order valence-electron chi connectivity index (χ1n) is 11.4. The number of carbonyl (C=O) groups excluding carboxylic acids is 1. The van der Waals surface area contributed by atoms with Crippen molar-refractivity contribution in [2.24, 2.45) is 0 Å². The molecule has 1 N–H and O–H groups in total. The lowest BCUT2D eigenvalue weighted by molar-refractivity contribution is -0.121. The van der Waals surface area contributed by atoms with Crippen LogP contribution in [0.4, 0.5) is 5.82 Å². The smallest absolute Gasteiger partial charge is 0.220 e. The van der Waals surface area contributed by atoms with Crippen LogP contribution in [0.2, 0.25) is 0 Å². The molecule has 0 radical (unpaired) electrons. The molecule has 5 nitrogen and oxygen atoms in total. The summed E-state index contributed by atoms with van der Waals surface area (Å²) < 4.78 is 0. The molecule has 2 heterocycles. The van der Waals surface area contributed by atoms with E-state index >= 15 is 0 Å². The van der Waals surface area contributed by atoms with Crippen LogP contribution in [0.5, 0.6) is 0 Å². The number of hydrogen-bond donors (Lipinski definition) is 1. The van der Waals surface area contributed by atoms with Crippen LogP contribution in [0.15, 0.2) is 54.6 Å². The zero-order valence-corrected chi connectivity index (χ0v) is 18.8. The van der Waals surface area contributed by atoms with Crippen molar-refractivity contribution in [2.75, 3.05) is 37.6 Å². The molecule has 1 aromatic heterocycles. The van der Waals surface area contributed by atoms with Crippen LogP contribution in [0.1, 0.15) is 38.8 Å². The lowest BCUT2D eigenvalue weighted by Crippen LogP contribution is -2.46. The van der Waals surface area contributed by atoms with Gasteiger partial charge in [-0.05, 0) is 30.5 Å². The van der Waals surface area contributed by atoms with E-state index in [2.05, 4.69) is 76.6 Å². The summed E-state index contributed by atoms with van der Waals surface area (Å²) in [5.74, 6) is 1.15. The Morgan fingerprint density at radius 1 is 1.03 bits per heavy atom. The van der Waals surface area contributed by atoms with E-state index in [4.69, 9.17) is 4.98 Å². The monoisotopic (exact) mass is 416 g/mol. The van der Waals surface area contributed by atoms with E-state index in [1.165, 1.54) is 10.8 Å². The number of hydrogen-bond acceptors (Lipinski definition) is 4. The summed E-state index contributed by atoms with van der Waals surface area (Å²) in [6.07, 6.45) is 0.499. The van der Waals surface area contributed by atoms with E-state index < -0.39 is 0 Å². The summed E-state index contributed by atoms with van der Waals surface area (Å²) in [5, 5.41) is 5.45. The van der Waals surface area contributed by atoms with E-state index in [-0.39, 0.29) is 11.9 Å². The number of benzene rings is 2. The van der Waals surface area contributed by atoms with Gasteiger partial charge in [0.2, 0.25) is 5.91 Å². The van der Waals surface area contributed by atoms with E-state index in [1.54, 1.807) is 0 Å². The fourth-order valence-electron chi connectivity index (χ4n) is 4.21. The van der Waals surface area contributed by atoms with E-state index in [9.17, 15) is 4.79 Å². The van der Waals surface area contributed by atoms with Crippen molar-refractivity contribution in [1.82, 2.24) is 15.2 Å². The Morgan fingerprint density at radius 2 is 1.74 bits per heavy atom. The predicted molar refractivity (Wildman–Crippen MR) is 128 cm³/mol. The van der Waals surface area contributed by atoms with E-state index in [1.807, 2.05) is 13.8 Å². The number of rotatable bonds is 6. The van der Waals surface area contributed by atoms with Gasteiger partial charge in [-0.1, -0.05) is 62.4 Å². The van der Waals surface area contributed by atoms with Crippen LogP contribution in [0.25, 0.3) is 22.0 Å². The van der Waals surface area contributed by atoms with Gasteiger partial charge in [-0.3, -0.25) is 4.79 Å². The second-order valence-electron chi connectivity index (χ2n) is 8.24. The molecule has 5 heteroatoms. The van der Waals surface area contributed by atoms with Crippen LogP contribution in [0.3, 0.4) is 0 Å². The summed E-state index contributed by atoms with van der Waals surface area (Å²) in [7, 11) is 0. The van der Waals surface area contributed by atoms with Gasteiger partial charge in [0.25, 0.3) is 0 Å². The van der Waals surface area contributed by atoms with E-state index in [0.717, 1.165) is 55.4 Å². The van der Waals surface area contributed by atoms with Crippen molar-refractivity contribution in [2.45, 2.75) is 33.2 Å². The number of carbonyl (C=O) groups is 1. The van der Waals surface area contributed by atoms with Crippen molar-refractivity contribution < 1.29 is 4.79 Å². The lowest BCUT2D eigenvalue weighted by Gasteiger charge is -2.35. The molecule has 1 unspecified atom stereocenters. The molecule has 4 rings (SSSR count). The number of anilines is 1. The molecule has 1 saturated heterocycles. The minimum Gasteiger partial charge on any atom is -0.354 e. The molecule has 1 amide bonds. The molecular weight excluding hydrogens is 384 g/mol. The van der Waals surface area contributed by atoms with Crippen LogP contribution in [0, 0.1) is 0 Å². The maximum absolute atomic E-state index is 11.7. The second kappa shape index (κ2) is 9.48. The van der Waals surface area contributed by atoms with Gasteiger partial charge in [-0.15, -0.1) is 0 Å². The average Bonchev–Trinajstić information content (AvgIpc) is 2.83. The zero-order chi connectivity index (χ0) is 21.8. The number of likely N-dealkylation sites (N-methyl/N-ethyl adjacent to an activating group) is 1. The van der Waals surface area contributed by atoms with Gasteiger partial charge >= 0.3 is 0 Å². The highest BCUT2D eigenvalue weighted by Crippen LogP contribution is 2.31. The van der Waals surface area contributed by atoms with Crippen molar-refractivity contribution in [3.63, 3.8) is 0 Å². The maximum atomic E-state index is 11.7. The molecule has 1 atom stereocenters. The summed E-state index contributed by atoms with van der Waals surface area (Å²) in [6.45, 7) is 11.4. The summed E-state index contributed by atoms with van der Waals surface area (Å²) in [5.41, 5.74) is 3.18. The summed E-state index contributed by atoms with van der Waals surface area (Å²) in [6, 6.07) is 19.1. The average molecular weight is 417 g/mol. The number of pyridine rings is 1. The van der Waals surface area contributed by atoms with Crippen LogP contribution >= 0.6 is 0 Å². The molecule has 1 aliphatic rings. The molecule has 162 valence electrons. The van der Waals surface area contributed by atoms with Gasteiger partial charge < -0.3 is 15.1 Å². The molecule has 2 aromatic carbocycles. The molecule has 0 bridgehead atoms. The Kier molecular flexibility index (Phi) is 6.52. The fourth-order valence-corrected chi connectivity index (χ4v) is 4.21. The molecule has 1 aliphatic heterocycles. The highest BCUT2D eigenvalue weighted by atomic mass is 16.1. The summed E-state index contributed by atoms with van der Waals surface area (Å²) >= 11 is 0. The quantitative estimate of drug-likeness (QED) is 0.636. The van der Waals surface area contributed by atoms with Gasteiger partial charge in [0.1, 0.15) is 5.82 Å². The number of piperazine rings is 1. The van der Waals surface area contributed by atoms with Crippen molar-refractivity contribution in [1.29, 1.82) is 0 Å². The van der Waals surface area contributed by atoms with Gasteiger partial charge in [0, 0.05) is 43.5 Å². The highest BCUT2D eigenvalue weighted by molar-refractivity contribution is 5.95. The molecule has 31 heavy (non-hydrogen) atoms. The van der Waals surface area contributed by atoms with E-state index in [0.29, 0.717) is 6.42 Å². The van der Waals surface area contributed by atoms with Crippen molar-refractivity contribution >= 4 is 22.5 Å². The normalized spacial score (nSPS) is 15.8. The van der Waals surface area contributed by atoms with Gasteiger partial charge in [0.15, 0.2) is 0 Å². The highest BCUT2D eigenvalue weighted by Gasteiger charge is 2.20. The Bertz CT molecular complexity index is 1040. The largest absolute Gasteiger partial charge is 0.354 e. The third-order valence-corrected chi connectivity index (χ3v) is 6.24. The molecule has 0 spiro atoms. The Balaban J connectivity index is 1.64. The Labute approximate surface area is 185 Å². The third kappa shape index (κ3) is 4.72. The predicted octanol–water partition coefficient (Wildman–Crippen LogP) is 4.63.